The van der Waals surface area contributed by atoms with E-state index >= 15 is 0 Å². The number of benzene rings is 1. The number of hydrogen-bond acceptors (Lipinski definition) is 4. The van der Waals surface area contributed by atoms with Gasteiger partial charge in [0.2, 0.25) is 0 Å². The first-order chi connectivity index (χ1) is 9.90. The molecule has 114 valence electrons. The Morgan fingerprint density at radius 2 is 1.86 bits per heavy atom. The van der Waals surface area contributed by atoms with E-state index in [2.05, 4.69) is 5.32 Å². The molecule has 0 amide bonds. The van der Waals surface area contributed by atoms with Crippen LogP contribution in [0, 0.1) is 0 Å². The van der Waals surface area contributed by atoms with Crippen molar-refractivity contribution in [2.45, 2.75) is 39.2 Å². The highest BCUT2D eigenvalue weighted by molar-refractivity contribution is 6.17. The van der Waals surface area contributed by atoms with Gasteiger partial charge in [0.05, 0.1) is 12.7 Å². The van der Waals surface area contributed by atoms with E-state index in [1.54, 1.807) is 7.11 Å². The van der Waals surface area contributed by atoms with Gasteiger partial charge in [0, 0.05) is 12.2 Å². The van der Waals surface area contributed by atoms with Crippen LogP contribution in [0.4, 0.5) is 0 Å². The maximum atomic E-state index is 12.5. The quantitative estimate of drug-likeness (QED) is 0.686. The van der Waals surface area contributed by atoms with Crippen LogP contribution in [0.2, 0.25) is 0 Å². The van der Waals surface area contributed by atoms with Gasteiger partial charge < -0.3 is 14.8 Å². The first-order valence-corrected chi connectivity index (χ1v) is 7.25. The van der Waals surface area contributed by atoms with E-state index in [4.69, 9.17) is 9.47 Å². The molecule has 1 aliphatic rings. The van der Waals surface area contributed by atoms with Gasteiger partial charge in [-0.2, -0.15) is 0 Å². The minimum absolute atomic E-state index is 0.280. The van der Waals surface area contributed by atoms with Gasteiger partial charge in [-0.1, -0.05) is 12.1 Å². The Kier molecular flexibility index (Phi) is 4.56. The molecule has 0 radical (unpaired) electrons. The van der Waals surface area contributed by atoms with Crippen LogP contribution in [-0.4, -0.2) is 25.2 Å². The van der Waals surface area contributed by atoms with Crippen molar-refractivity contribution in [2.75, 3.05) is 13.7 Å². The predicted octanol–water partition coefficient (Wildman–Crippen LogP) is 3.13. The number of nitrogens with one attached hydrogen (secondary N) is 1. The second-order valence-electron chi connectivity index (χ2n) is 6.11. The molecule has 0 aliphatic carbocycles. The van der Waals surface area contributed by atoms with Gasteiger partial charge in [-0.05, 0) is 51.3 Å². The summed E-state index contributed by atoms with van der Waals surface area (Å²) in [5, 5.41) is 3.30. The van der Waals surface area contributed by atoms with Gasteiger partial charge in [0.15, 0.2) is 0 Å². The van der Waals surface area contributed by atoms with Crippen molar-refractivity contribution >= 4 is 11.5 Å². The van der Waals surface area contributed by atoms with Gasteiger partial charge in [0.25, 0.3) is 0 Å². The Bertz CT molecular complexity index is 530. The van der Waals surface area contributed by atoms with Crippen LogP contribution in [0.15, 0.2) is 30.0 Å². The van der Waals surface area contributed by atoms with Crippen molar-refractivity contribution in [3.63, 3.8) is 0 Å². The summed E-state index contributed by atoms with van der Waals surface area (Å²) in [7, 11) is 1.63. The van der Waals surface area contributed by atoms with Crippen LogP contribution in [-0.2, 0) is 9.53 Å². The number of rotatable bonds is 3. The van der Waals surface area contributed by atoms with Crippen molar-refractivity contribution in [3.8, 4) is 5.75 Å². The molecule has 1 heterocycles. The molecule has 0 atom stereocenters. The van der Waals surface area contributed by atoms with Gasteiger partial charge >= 0.3 is 5.97 Å². The zero-order chi connectivity index (χ0) is 15.5. The highest BCUT2D eigenvalue weighted by Crippen LogP contribution is 2.27. The normalized spacial score (nSPS) is 17.1. The first-order valence-electron chi connectivity index (χ1n) is 7.25. The van der Waals surface area contributed by atoms with Crippen LogP contribution < -0.4 is 10.1 Å². The van der Waals surface area contributed by atoms with Crippen molar-refractivity contribution in [2.24, 2.45) is 0 Å². The summed E-state index contributed by atoms with van der Waals surface area (Å²) in [6, 6.07) is 7.50. The number of allylic oxidation sites excluding steroid dienone is 1. The molecule has 0 unspecified atom stereocenters. The highest BCUT2D eigenvalue weighted by atomic mass is 16.6. The molecule has 0 saturated carbocycles. The minimum atomic E-state index is -0.506. The molecule has 0 spiro atoms. The second-order valence-corrected chi connectivity index (χ2v) is 6.11. The molecule has 0 aromatic heterocycles. The van der Waals surface area contributed by atoms with E-state index in [1.165, 1.54) is 0 Å². The van der Waals surface area contributed by atoms with Crippen LogP contribution in [0.25, 0.3) is 5.57 Å². The van der Waals surface area contributed by atoms with Gasteiger partial charge in [0.1, 0.15) is 11.4 Å². The molecule has 1 fully saturated rings. The molecule has 0 bridgehead atoms. The summed E-state index contributed by atoms with van der Waals surface area (Å²) in [5.41, 5.74) is 1.95. The number of esters is 1. The van der Waals surface area contributed by atoms with Crippen LogP contribution >= 0.6 is 0 Å². The molecule has 1 aromatic rings. The van der Waals surface area contributed by atoms with Gasteiger partial charge in [-0.3, -0.25) is 0 Å². The first kappa shape index (κ1) is 15.4. The van der Waals surface area contributed by atoms with E-state index in [9.17, 15) is 4.79 Å². The Balaban J connectivity index is 2.36. The monoisotopic (exact) mass is 289 g/mol. The molecule has 2 rings (SSSR count). The van der Waals surface area contributed by atoms with Gasteiger partial charge in [-0.15, -0.1) is 0 Å². The minimum Gasteiger partial charge on any atom is -0.497 e. The predicted molar refractivity (Wildman–Crippen MR) is 83.0 cm³/mol. The Morgan fingerprint density at radius 1 is 1.19 bits per heavy atom. The lowest BCUT2D eigenvalue weighted by molar-refractivity contribution is -0.147. The number of carbonyl (C=O) groups is 1. The fourth-order valence-electron chi connectivity index (χ4n) is 2.31. The number of hydrogen-bond donors (Lipinski definition) is 1. The van der Waals surface area contributed by atoms with Crippen LogP contribution in [0.3, 0.4) is 0 Å². The molecule has 1 aliphatic heterocycles. The van der Waals surface area contributed by atoms with Crippen LogP contribution in [0.5, 0.6) is 5.75 Å². The fraction of sp³-hybridized carbons (Fsp3) is 0.471. The summed E-state index contributed by atoms with van der Waals surface area (Å²) >= 11 is 0. The lowest BCUT2D eigenvalue weighted by Gasteiger charge is -2.22. The Labute approximate surface area is 126 Å². The lowest BCUT2D eigenvalue weighted by atomic mass is 10.0. The molecule has 4 nitrogen and oxygen atoms in total. The Hall–Kier alpha value is -1.97. The zero-order valence-electron chi connectivity index (χ0n) is 13.2. The van der Waals surface area contributed by atoms with Crippen molar-refractivity contribution in [1.29, 1.82) is 0 Å². The fourth-order valence-corrected chi connectivity index (χ4v) is 2.31. The van der Waals surface area contributed by atoms with E-state index in [-0.39, 0.29) is 5.97 Å². The third-order valence-corrected chi connectivity index (χ3v) is 3.23. The lowest BCUT2D eigenvalue weighted by Crippen LogP contribution is -2.26. The third-order valence-electron chi connectivity index (χ3n) is 3.23. The molecule has 4 heteroatoms. The summed E-state index contributed by atoms with van der Waals surface area (Å²) in [6.07, 6.45) is 1.92. The van der Waals surface area contributed by atoms with Crippen LogP contribution in [0.1, 0.15) is 39.2 Å². The smallest absolute Gasteiger partial charge is 0.341 e. The second kappa shape index (κ2) is 6.20. The van der Waals surface area contributed by atoms with E-state index in [1.807, 2.05) is 45.0 Å². The number of methoxy groups -OCH3 is 1. The molecular formula is C17H23NO3. The highest BCUT2D eigenvalue weighted by Gasteiger charge is 2.25. The largest absolute Gasteiger partial charge is 0.497 e. The number of ether oxygens (including phenoxy) is 2. The summed E-state index contributed by atoms with van der Waals surface area (Å²) in [5.74, 6) is 0.490. The molecule has 1 N–H and O–H groups in total. The summed E-state index contributed by atoms with van der Waals surface area (Å²) in [4.78, 5) is 12.5. The van der Waals surface area contributed by atoms with Crippen molar-refractivity contribution in [3.05, 3.63) is 35.5 Å². The Morgan fingerprint density at radius 3 is 2.33 bits per heavy atom. The van der Waals surface area contributed by atoms with E-state index in [0.717, 1.165) is 36.4 Å². The molecule has 21 heavy (non-hydrogen) atoms. The van der Waals surface area contributed by atoms with Crippen molar-refractivity contribution < 1.29 is 14.3 Å². The third kappa shape index (κ3) is 4.00. The standard InChI is InChI=1S/C17H23NO3/c1-17(2,3)21-16(19)15(14-6-5-11-18-14)12-7-9-13(20-4)10-8-12/h7-10,18H,5-6,11H2,1-4H3/b15-14-. The average Bonchev–Trinajstić information content (AvgIpc) is 2.91. The molecular weight excluding hydrogens is 266 g/mol. The maximum Gasteiger partial charge on any atom is 0.341 e. The SMILES string of the molecule is COc1ccc(/C(C(=O)OC(C)(C)C)=C2\CCCN2)cc1. The molecule has 1 aromatic carbocycles. The van der Waals surface area contributed by atoms with E-state index < -0.39 is 5.60 Å². The topological polar surface area (TPSA) is 47.6 Å². The van der Waals surface area contributed by atoms with Gasteiger partial charge in [-0.25, -0.2) is 4.79 Å². The molecule has 1 saturated heterocycles. The van der Waals surface area contributed by atoms with Crippen molar-refractivity contribution in [1.82, 2.24) is 5.32 Å². The maximum absolute atomic E-state index is 12.5. The zero-order valence-corrected chi connectivity index (χ0v) is 13.2. The summed E-state index contributed by atoms with van der Waals surface area (Å²) in [6.45, 7) is 6.54. The summed E-state index contributed by atoms with van der Waals surface area (Å²) < 4.78 is 10.7. The average molecular weight is 289 g/mol. The number of carbonyl (C=O) groups excluding carboxylic acids is 1. The van der Waals surface area contributed by atoms with E-state index in [0.29, 0.717) is 5.57 Å².